The first-order chi connectivity index (χ1) is 11.9. The molecule has 140 valence electrons. The standard InChI is InChI=1S/C20H33ClN4/c1-20(2,12-16-7-5-9-18(21)11-16)15-24-19(22-3)23-13-17-8-6-10-25(4)14-17/h5,7,9,11,17H,6,8,10,12-15H2,1-4H3,(H2,22,23,24). The molecule has 0 aromatic heterocycles. The maximum absolute atomic E-state index is 6.10. The number of halogens is 1. The van der Waals surface area contributed by atoms with E-state index in [2.05, 4.69) is 53.6 Å². The SMILES string of the molecule is CN=C(NCC1CCCN(C)C1)NCC(C)(C)Cc1cccc(Cl)c1. The van der Waals surface area contributed by atoms with Crippen LogP contribution in [0.5, 0.6) is 0 Å². The monoisotopic (exact) mass is 364 g/mol. The van der Waals surface area contributed by atoms with E-state index in [1.165, 1.54) is 31.5 Å². The van der Waals surface area contributed by atoms with E-state index < -0.39 is 0 Å². The van der Waals surface area contributed by atoms with Gasteiger partial charge in [0.2, 0.25) is 0 Å². The van der Waals surface area contributed by atoms with Gasteiger partial charge in [-0.05, 0) is 61.9 Å². The summed E-state index contributed by atoms with van der Waals surface area (Å²) >= 11 is 6.10. The van der Waals surface area contributed by atoms with Crippen LogP contribution in [-0.4, -0.2) is 51.1 Å². The van der Waals surface area contributed by atoms with Crippen molar-refractivity contribution in [3.63, 3.8) is 0 Å². The normalized spacial score (nSPS) is 19.7. The molecule has 1 unspecified atom stereocenters. The summed E-state index contributed by atoms with van der Waals surface area (Å²) in [7, 11) is 4.05. The minimum absolute atomic E-state index is 0.118. The highest BCUT2D eigenvalue weighted by Crippen LogP contribution is 2.22. The molecule has 1 aromatic carbocycles. The number of hydrogen-bond donors (Lipinski definition) is 2. The van der Waals surface area contributed by atoms with Gasteiger partial charge in [0, 0.05) is 31.7 Å². The van der Waals surface area contributed by atoms with E-state index in [4.69, 9.17) is 11.6 Å². The third kappa shape index (κ3) is 7.25. The van der Waals surface area contributed by atoms with Crippen molar-refractivity contribution in [1.82, 2.24) is 15.5 Å². The summed E-state index contributed by atoms with van der Waals surface area (Å²) in [4.78, 5) is 6.79. The van der Waals surface area contributed by atoms with Gasteiger partial charge in [-0.2, -0.15) is 0 Å². The van der Waals surface area contributed by atoms with Gasteiger partial charge in [0.05, 0.1) is 0 Å². The number of hydrogen-bond acceptors (Lipinski definition) is 2. The number of likely N-dealkylation sites (tertiary alicyclic amines) is 1. The number of aliphatic imine (C=N–C) groups is 1. The molecule has 0 spiro atoms. The fraction of sp³-hybridized carbons (Fsp3) is 0.650. The summed E-state index contributed by atoms with van der Waals surface area (Å²) in [5.74, 6) is 1.60. The first kappa shape index (κ1) is 20.1. The second-order valence-electron chi connectivity index (χ2n) is 8.05. The van der Waals surface area contributed by atoms with Crippen molar-refractivity contribution in [2.75, 3.05) is 40.3 Å². The van der Waals surface area contributed by atoms with Crippen molar-refractivity contribution in [3.8, 4) is 0 Å². The van der Waals surface area contributed by atoms with E-state index in [1.807, 2.05) is 19.2 Å². The van der Waals surface area contributed by atoms with E-state index in [1.54, 1.807) is 0 Å². The van der Waals surface area contributed by atoms with Crippen LogP contribution < -0.4 is 10.6 Å². The second kappa shape index (κ2) is 9.44. The number of rotatable bonds is 6. The van der Waals surface area contributed by atoms with Crippen LogP contribution in [-0.2, 0) is 6.42 Å². The molecule has 1 fully saturated rings. The molecule has 1 aliphatic heterocycles. The third-order valence-corrected chi connectivity index (χ3v) is 5.05. The molecule has 0 radical (unpaired) electrons. The number of nitrogens with one attached hydrogen (secondary N) is 2. The van der Waals surface area contributed by atoms with E-state index in [-0.39, 0.29) is 5.41 Å². The molecule has 2 rings (SSSR count). The molecular weight excluding hydrogens is 332 g/mol. The smallest absolute Gasteiger partial charge is 0.191 e. The minimum atomic E-state index is 0.118. The lowest BCUT2D eigenvalue weighted by atomic mass is 9.86. The Bertz CT molecular complexity index is 571. The van der Waals surface area contributed by atoms with Crippen molar-refractivity contribution >= 4 is 17.6 Å². The second-order valence-corrected chi connectivity index (χ2v) is 8.48. The Morgan fingerprint density at radius 3 is 2.84 bits per heavy atom. The molecule has 0 amide bonds. The van der Waals surface area contributed by atoms with Crippen molar-refractivity contribution < 1.29 is 0 Å². The first-order valence-electron chi connectivity index (χ1n) is 9.25. The number of benzene rings is 1. The summed E-state index contributed by atoms with van der Waals surface area (Å²) < 4.78 is 0. The average molecular weight is 365 g/mol. The Labute approximate surface area is 158 Å². The number of piperidine rings is 1. The molecular formula is C20H33ClN4. The molecule has 1 aliphatic rings. The zero-order chi connectivity index (χ0) is 18.3. The van der Waals surface area contributed by atoms with Crippen LogP contribution in [0.4, 0.5) is 0 Å². The van der Waals surface area contributed by atoms with Gasteiger partial charge in [-0.15, -0.1) is 0 Å². The summed E-state index contributed by atoms with van der Waals surface area (Å²) in [6.45, 7) is 8.78. The van der Waals surface area contributed by atoms with Crippen molar-refractivity contribution in [2.24, 2.45) is 16.3 Å². The topological polar surface area (TPSA) is 39.7 Å². The van der Waals surface area contributed by atoms with Gasteiger partial charge >= 0.3 is 0 Å². The Hall–Kier alpha value is -1.26. The molecule has 2 N–H and O–H groups in total. The Morgan fingerprint density at radius 2 is 2.16 bits per heavy atom. The summed E-state index contributed by atoms with van der Waals surface area (Å²) in [6.07, 6.45) is 3.57. The fourth-order valence-electron chi connectivity index (χ4n) is 3.49. The summed E-state index contributed by atoms with van der Waals surface area (Å²) in [5, 5.41) is 7.79. The summed E-state index contributed by atoms with van der Waals surface area (Å²) in [6, 6.07) is 8.13. The highest BCUT2D eigenvalue weighted by molar-refractivity contribution is 6.30. The van der Waals surface area contributed by atoms with E-state index in [9.17, 15) is 0 Å². The zero-order valence-electron chi connectivity index (χ0n) is 16.1. The molecule has 1 atom stereocenters. The largest absolute Gasteiger partial charge is 0.356 e. The Kier molecular flexibility index (Phi) is 7.57. The maximum atomic E-state index is 6.10. The molecule has 1 aromatic rings. The molecule has 25 heavy (non-hydrogen) atoms. The molecule has 1 heterocycles. The van der Waals surface area contributed by atoms with E-state index in [0.29, 0.717) is 5.92 Å². The van der Waals surface area contributed by atoms with Crippen molar-refractivity contribution in [2.45, 2.75) is 33.1 Å². The number of guanidine groups is 1. The molecule has 0 aliphatic carbocycles. The molecule has 5 heteroatoms. The molecule has 0 bridgehead atoms. The minimum Gasteiger partial charge on any atom is -0.356 e. The van der Waals surface area contributed by atoms with Gasteiger partial charge < -0.3 is 15.5 Å². The van der Waals surface area contributed by atoms with Gasteiger partial charge in [0.15, 0.2) is 5.96 Å². The Morgan fingerprint density at radius 1 is 1.36 bits per heavy atom. The van der Waals surface area contributed by atoms with Crippen LogP contribution in [0.1, 0.15) is 32.3 Å². The van der Waals surface area contributed by atoms with Crippen molar-refractivity contribution in [1.29, 1.82) is 0 Å². The van der Waals surface area contributed by atoms with Crippen LogP contribution in [0.25, 0.3) is 0 Å². The van der Waals surface area contributed by atoms with Crippen LogP contribution in [0.15, 0.2) is 29.3 Å². The molecule has 0 saturated carbocycles. The van der Waals surface area contributed by atoms with E-state index in [0.717, 1.165) is 30.5 Å². The van der Waals surface area contributed by atoms with Gasteiger partial charge in [0.1, 0.15) is 0 Å². The van der Waals surface area contributed by atoms with Crippen LogP contribution in [0.3, 0.4) is 0 Å². The lowest BCUT2D eigenvalue weighted by molar-refractivity contribution is 0.210. The van der Waals surface area contributed by atoms with Gasteiger partial charge in [0.25, 0.3) is 0 Å². The van der Waals surface area contributed by atoms with Crippen molar-refractivity contribution in [3.05, 3.63) is 34.9 Å². The quantitative estimate of drug-likeness (QED) is 0.600. The molecule has 4 nitrogen and oxygen atoms in total. The predicted octanol–water partition coefficient (Wildman–Crippen LogP) is 3.42. The van der Waals surface area contributed by atoms with Gasteiger partial charge in [-0.1, -0.05) is 37.6 Å². The highest BCUT2D eigenvalue weighted by atomic mass is 35.5. The average Bonchev–Trinajstić information content (AvgIpc) is 2.54. The Balaban J connectivity index is 1.78. The predicted molar refractivity (Wildman–Crippen MR) is 109 cm³/mol. The van der Waals surface area contributed by atoms with Gasteiger partial charge in [-0.3, -0.25) is 4.99 Å². The fourth-order valence-corrected chi connectivity index (χ4v) is 3.70. The van der Waals surface area contributed by atoms with E-state index >= 15 is 0 Å². The highest BCUT2D eigenvalue weighted by Gasteiger charge is 2.20. The van der Waals surface area contributed by atoms with Gasteiger partial charge in [-0.25, -0.2) is 0 Å². The summed E-state index contributed by atoms with van der Waals surface area (Å²) in [5.41, 5.74) is 1.39. The number of nitrogens with zero attached hydrogens (tertiary/aromatic N) is 2. The first-order valence-corrected chi connectivity index (χ1v) is 9.63. The lowest BCUT2D eigenvalue weighted by Crippen LogP contribution is -2.46. The third-order valence-electron chi connectivity index (χ3n) is 4.81. The van der Waals surface area contributed by atoms with Crippen LogP contribution in [0, 0.1) is 11.3 Å². The molecule has 1 saturated heterocycles. The lowest BCUT2D eigenvalue weighted by Gasteiger charge is -2.31. The van der Waals surface area contributed by atoms with Crippen LogP contribution in [0.2, 0.25) is 5.02 Å². The van der Waals surface area contributed by atoms with Crippen LogP contribution >= 0.6 is 11.6 Å². The maximum Gasteiger partial charge on any atom is 0.191 e. The zero-order valence-corrected chi connectivity index (χ0v) is 16.9.